The van der Waals surface area contributed by atoms with Gasteiger partial charge in [-0.15, -0.1) is 0 Å². The summed E-state index contributed by atoms with van der Waals surface area (Å²) in [7, 11) is -3.67. The fourth-order valence-corrected chi connectivity index (χ4v) is 4.22. The molecule has 0 saturated heterocycles. The predicted octanol–water partition coefficient (Wildman–Crippen LogP) is 2.42. The van der Waals surface area contributed by atoms with Crippen molar-refractivity contribution in [1.29, 1.82) is 0 Å². The molecule has 2 amide bonds. The van der Waals surface area contributed by atoms with Crippen LogP contribution in [0.25, 0.3) is 0 Å². The lowest BCUT2D eigenvalue weighted by molar-refractivity contribution is -0.118. The molecule has 0 unspecified atom stereocenters. The van der Waals surface area contributed by atoms with Crippen LogP contribution in [-0.2, 0) is 32.6 Å². The van der Waals surface area contributed by atoms with Gasteiger partial charge in [0.25, 0.3) is 0 Å². The summed E-state index contributed by atoms with van der Waals surface area (Å²) in [6.45, 7) is 4.05. The van der Waals surface area contributed by atoms with E-state index in [-0.39, 0.29) is 23.3 Å². The van der Waals surface area contributed by atoms with Gasteiger partial charge in [-0.1, -0.05) is 19.1 Å². The number of hydrogen-bond acceptors (Lipinski definition) is 4. The number of sulfonamides is 1. The minimum absolute atomic E-state index is 0.0925. The van der Waals surface area contributed by atoms with Gasteiger partial charge in [0.05, 0.1) is 4.90 Å². The monoisotopic (exact) mass is 401 g/mol. The van der Waals surface area contributed by atoms with Crippen molar-refractivity contribution in [3.8, 4) is 0 Å². The first-order chi connectivity index (χ1) is 13.3. The second kappa shape index (κ2) is 8.12. The lowest BCUT2D eigenvalue weighted by atomic mass is 10.1. The molecule has 3 rings (SSSR count). The molecule has 1 heterocycles. The highest BCUT2D eigenvalue weighted by Crippen LogP contribution is 2.29. The van der Waals surface area contributed by atoms with Crippen molar-refractivity contribution in [2.45, 2.75) is 38.1 Å². The molecule has 1 aliphatic rings. The van der Waals surface area contributed by atoms with Crippen LogP contribution in [0.2, 0.25) is 0 Å². The first kappa shape index (κ1) is 20.0. The van der Waals surface area contributed by atoms with Crippen LogP contribution in [-0.4, -0.2) is 26.8 Å². The SMILES string of the molecule is CCC(=O)N1CCc2cc(CNS(=O)(=O)c3ccc(NC(C)=O)cc3)ccc21. The number of carbonyl (C=O) groups is 2. The molecule has 2 aromatic carbocycles. The number of amides is 2. The molecule has 0 bridgehead atoms. The van der Waals surface area contributed by atoms with Gasteiger partial charge in [0, 0.05) is 37.8 Å². The summed E-state index contributed by atoms with van der Waals surface area (Å²) in [5, 5.41) is 2.60. The third-order valence-electron chi connectivity index (χ3n) is 4.59. The number of nitrogens with one attached hydrogen (secondary N) is 2. The average Bonchev–Trinajstić information content (AvgIpc) is 3.09. The second-order valence-corrected chi connectivity index (χ2v) is 8.41. The van der Waals surface area contributed by atoms with Crippen molar-refractivity contribution >= 4 is 33.2 Å². The van der Waals surface area contributed by atoms with E-state index < -0.39 is 10.0 Å². The largest absolute Gasteiger partial charge is 0.326 e. The van der Waals surface area contributed by atoms with Gasteiger partial charge in [0.1, 0.15) is 0 Å². The van der Waals surface area contributed by atoms with Crippen LogP contribution >= 0.6 is 0 Å². The maximum Gasteiger partial charge on any atom is 0.240 e. The topological polar surface area (TPSA) is 95.6 Å². The van der Waals surface area contributed by atoms with Crippen molar-refractivity contribution in [2.24, 2.45) is 0 Å². The fourth-order valence-electron chi connectivity index (χ4n) is 3.20. The summed E-state index contributed by atoms with van der Waals surface area (Å²) in [5.74, 6) is -0.126. The Morgan fingerprint density at radius 2 is 1.82 bits per heavy atom. The van der Waals surface area contributed by atoms with Gasteiger partial charge < -0.3 is 10.2 Å². The van der Waals surface area contributed by atoms with Gasteiger partial charge in [-0.2, -0.15) is 0 Å². The van der Waals surface area contributed by atoms with Crippen LogP contribution in [0.1, 0.15) is 31.4 Å². The van der Waals surface area contributed by atoms with E-state index in [9.17, 15) is 18.0 Å². The standard InChI is InChI=1S/C20H23N3O4S/c1-3-20(25)23-11-10-16-12-15(4-9-19(16)23)13-21-28(26,27)18-7-5-17(6-8-18)22-14(2)24/h4-9,12,21H,3,10-11,13H2,1-2H3,(H,22,24). The number of hydrogen-bond donors (Lipinski definition) is 2. The fraction of sp³-hybridized carbons (Fsp3) is 0.300. The van der Waals surface area contributed by atoms with E-state index in [1.807, 2.05) is 25.1 Å². The molecule has 0 atom stereocenters. The van der Waals surface area contributed by atoms with Gasteiger partial charge in [-0.05, 0) is 47.9 Å². The molecule has 0 saturated carbocycles. The molecular weight excluding hydrogens is 378 g/mol. The maximum atomic E-state index is 12.5. The molecule has 0 aliphatic carbocycles. The number of nitrogens with zero attached hydrogens (tertiary/aromatic N) is 1. The van der Waals surface area contributed by atoms with E-state index >= 15 is 0 Å². The molecule has 0 spiro atoms. The highest BCUT2D eigenvalue weighted by molar-refractivity contribution is 7.89. The molecular formula is C20H23N3O4S. The van der Waals surface area contributed by atoms with Gasteiger partial charge in [-0.25, -0.2) is 13.1 Å². The molecule has 0 aromatic heterocycles. The van der Waals surface area contributed by atoms with E-state index in [0.717, 1.165) is 23.2 Å². The molecule has 2 aromatic rings. The number of fused-ring (bicyclic) bond motifs is 1. The van der Waals surface area contributed by atoms with Gasteiger partial charge >= 0.3 is 0 Å². The molecule has 28 heavy (non-hydrogen) atoms. The molecule has 0 fully saturated rings. The van der Waals surface area contributed by atoms with E-state index in [4.69, 9.17) is 0 Å². The second-order valence-electron chi connectivity index (χ2n) is 6.64. The number of benzene rings is 2. The highest BCUT2D eigenvalue weighted by atomic mass is 32.2. The highest BCUT2D eigenvalue weighted by Gasteiger charge is 2.23. The Kier molecular flexibility index (Phi) is 5.81. The van der Waals surface area contributed by atoms with Crippen LogP contribution < -0.4 is 14.9 Å². The van der Waals surface area contributed by atoms with E-state index in [0.29, 0.717) is 18.7 Å². The Balaban J connectivity index is 1.68. The zero-order valence-corrected chi connectivity index (χ0v) is 16.7. The zero-order valence-electron chi connectivity index (χ0n) is 15.9. The summed E-state index contributed by atoms with van der Waals surface area (Å²) < 4.78 is 27.6. The van der Waals surface area contributed by atoms with Gasteiger partial charge in [0.15, 0.2) is 0 Å². The Hall–Kier alpha value is -2.71. The van der Waals surface area contributed by atoms with Gasteiger partial charge in [-0.3, -0.25) is 9.59 Å². The summed E-state index contributed by atoms with van der Waals surface area (Å²) in [5.41, 5.74) is 3.34. The third-order valence-corrected chi connectivity index (χ3v) is 6.01. The summed E-state index contributed by atoms with van der Waals surface area (Å²) in [6, 6.07) is 11.6. The van der Waals surface area contributed by atoms with Crippen molar-refractivity contribution in [2.75, 3.05) is 16.8 Å². The number of rotatable bonds is 6. The number of carbonyl (C=O) groups excluding carboxylic acids is 2. The van der Waals surface area contributed by atoms with Crippen molar-refractivity contribution in [1.82, 2.24) is 4.72 Å². The van der Waals surface area contributed by atoms with Crippen LogP contribution in [0.15, 0.2) is 47.4 Å². The summed E-state index contributed by atoms with van der Waals surface area (Å²) in [4.78, 5) is 24.9. The normalized spacial score (nSPS) is 13.3. The third kappa shape index (κ3) is 4.40. The quantitative estimate of drug-likeness (QED) is 0.777. The van der Waals surface area contributed by atoms with Crippen molar-refractivity contribution in [3.05, 3.63) is 53.6 Å². The molecule has 1 aliphatic heterocycles. The molecule has 148 valence electrons. The lowest BCUT2D eigenvalue weighted by Crippen LogP contribution is -2.27. The molecule has 8 heteroatoms. The maximum absolute atomic E-state index is 12.5. The smallest absolute Gasteiger partial charge is 0.240 e. The van der Waals surface area contributed by atoms with E-state index in [1.54, 1.807) is 17.0 Å². The minimum Gasteiger partial charge on any atom is -0.326 e. The van der Waals surface area contributed by atoms with Crippen LogP contribution in [0.3, 0.4) is 0 Å². The first-order valence-electron chi connectivity index (χ1n) is 9.09. The number of anilines is 2. The average molecular weight is 401 g/mol. The Labute approximate surface area is 164 Å². The van der Waals surface area contributed by atoms with Crippen molar-refractivity contribution < 1.29 is 18.0 Å². The molecule has 7 nitrogen and oxygen atoms in total. The minimum atomic E-state index is -3.67. The molecule has 0 radical (unpaired) electrons. The lowest BCUT2D eigenvalue weighted by Gasteiger charge is -2.16. The van der Waals surface area contributed by atoms with Gasteiger partial charge in [0.2, 0.25) is 21.8 Å². The van der Waals surface area contributed by atoms with Crippen LogP contribution in [0, 0.1) is 0 Å². The Bertz CT molecular complexity index is 1000. The van der Waals surface area contributed by atoms with E-state index in [2.05, 4.69) is 10.0 Å². The Morgan fingerprint density at radius 1 is 1.11 bits per heavy atom. The summed E-state index contributed by atoms with van der Waals surface area (Å²) >= 11 is 0. The Morgan fingerprint density at radius 3 is 2.46 bits per heavy atom. The molecule has 2 N–H and O–H groups in total. The predicted molar refractivity (Wildman–Crippen MR) is 108 cm³/mol. The van der Waals surface area contributed by atoms with Crippen LogP contribution in [0.5, 0.6) is 0 Å². The van der Waals surface area contributed by atoms with Crippen molar-refractivity contribution in [3.63, 3.8) is 0 Å². The zero-order chi connectivity index (χ0) is 20.3. The first-order valence-corrected chi connectivity index (χ1v) is 10.6. The van der Waals surface area contributed by atoms with Crippen LogP contribution in [0.4, 0.5) is 11.4 Å². The van der Waals surface area contributed by atoms with E-state index in [1.165, 1.54) is 19.1 Å². The summed E-state index contributed by atoms with van der Waals surface area (Å²) in [6.07, 6.45) is 1.23.